The van der Waals surface area contributed by atoms with Gasteiger partial charge in [-0.05, 0) is 37.5 Å². The molecule has 0 spiro atoms. The van der Waals surface area contributed by atoms with Crippen molar-refractivity contribution < 1.29 is 9.90 Å². The molecule has 0 aromatic heterocycles. The van der Waals surface area contributed by atoms with Gasteiger partial charge in [0.1, 0.15) is 5.41 Å². The van der Waals surface area contributed by atoms with E-state index in [1.807, 2.05) is 4.90 Å². The predicted octanol–water partition coefficient (Wildman–Crippen LogP) is 1.16. The van der Waals surface area contributed by atoms with E-state index in [1.165, 1.54) is 0 Å². The van der Waals surface area contributed by atoms with Crippen molar-refractivity contribution in [2.75, 3.05) is 19.7 Å². The molecule has 2 fully saturated rings. The molecule has 1 aliphatic carbocycles. The average Bonchev–Trinajstić information content (AvgIpc) is 2.34. The molecule has 94 valence electrons. The van der Waals surface area contributed by atoms with Crippen molar-refractivity contribution in [1.82, 2.24) is 4.90 Å². The molecule has 2 rings (SSSR count). The number of amides is 1. The number of nitriles is 1. The van der Waals surface area contributed by atoms with Crippen LogP contribution in [0.3, 0.4) is 0 Å². The van der Waals surface area contributed by atoms with Crippen molar-refractivity contribution in [2.45, 2.75) is 32.6 Å². The Morgan fingerprint density at radius 1 is 1.47 bits per heavy atom. The number of carbonyl (C=O) groups excluding carboxylic acids is 1. The summed E-state index contributed by atoms with van der Waals surface area (Å²) < 4.78 is 0. The molecular weight excluding hydrogens is 216 g/mol. The number of piperidine rings is 1. The van der Waals surface area contributed by atoms with E-state index >= 15 is 0 Å². The van der Waals surface area contributed by atoms with E-state index < -0.39 is 5.41 Å². The van der Waals surface area contributed by atoms with Crippen molar-refractivity contribution in [1.29, 1.82) is 5.26 Å². The van der Waals surface area contributed by atoms with Crippen molar-refractivity contribution in [3.63, 3.8) is 0 Å². The molecule has 0 aromatic rings. The topological polar surface area (TPSA) is 64.3 Å². The fourth-order valence-corrected chi connectivity index (χ4v) is 3.06. The van der Waals surface area contributed by atoms with Crippen LogP contribution < -0.4 is 0 Å². The van der Waals surface area contributed by atoms with Crippen LogP contribution in [0.1, 0.15) is 32.6 Å². The molecule has 1 aliphatic heterocycles. The van der Waals surface area contributed by atoms with E-state index in [9.17, 15) is 10.1 Å². The first-order chi connectivity index (χ1) is 8.11. The number of hydrogen-bond acceptors (Lipinski definition) is 3. The van der Waals surface area contributed by atoms with Gasteiger partial charge >= 0.3 is 0 Å². The molecule has 1 saturated heterocycles. The molecular formula is C13H20N2O2. The van der Waals surface area contributed by atoms with Gasteiger partial charge in [0.2, 0.25) is 5.91 Å². The second-order valence-corrected chi connectivity index (χ2v) is 5.63. The molecule has 0 radical (unpaired) electrons. The third kappa shape index (κ3) is 2.16. The molecule has 4 nitrogen and oxygen atoms in total. The van der Waals surface area contributed by atoms with Gasteiger partial charge in [-0.25, -0.2) is 0 Å². The number of carbonyl (C=O) groups is 1. The zero-order chi connectivity index (χ0) is 12.5. The Bertz CT molecular complexity index is 334. The molecule has 4 heteroatoms. The Kier molecular flexibility index (Phi) is 3.39. The SMILES string of the molecule is CC1CC(C#N)(C(=O)N2CCC(CO)CC2)C1. The van der Waals surface area contributed by atoms with Gasteiger partial charge in [-0.3, -0.25) is 4.79 Å². The maximum Gasteiger partial charge on any atom is 0.243 e. The van der Waals surface area contributed by atoms with Crippen LogP contribution in [0.2, 0.25) is 0 Å². The molecule has 1 heterocycles. The Labute approximate surface area is 102 Å². The Morgan fingerprint density at radius 3 is 2.47 bits per heavy atom. The second-order valence-electron chi connectivity index (χ2n) is 5.63. The van der Waals surface area contributed by atoms with E-state index in [1.54, 1.807) is 0 Å². The number of rotatable bonds is 2. The molecule has 0 atom stereocenters. The first-order valence-corrected chi connectivity index (χ1v) is 6.43. The second kappa shape index (κ2) is 4.66. The highest BCUT2D eigenvalue weighted by molar-refractivity contribution is 5.86. The molecule has 0 unspecified atom stereocenters. The molecule has 1 amide bonds. The number of likely N-dealkylation sites (tertiary alicyclic amines) is 1. The highest BCUT2D eigenvalue weighted by Gasteiger charge is 2.50. The van der Waals surface area contributed by atoms with Gasteiger partial charge in [0.15, 0.2) is 0 Å². The summed E-state index contributed by atoms with van der Waals surface area (Å²) in [5.74, 6) is 0.848. The lowest BCUT2D eigenvalue weighted by Gasteiger charge is -2.44. The number of nitrogens with zero attached hydrogens (tertiary/aromatic N) is 2. The summed E-state index contributed by atoms with van der Waals surface area (Å²) in [6.07, 6.45) is 3.14. The summed E-state index contributed by atoms with van der Waals surface area (Å²) in [5, 5.41) is 18.3. The average molecular weight is 236 g/mol. The van der Waals surface area contributed by atoms with E-state index in [2.05, 4.69) is 13.0 Å². The van der Waals surface area contributed by atoms with Gasteiger partial charge in [0.25, 0.3) is 0 Å². The third-order valence-electron chi connectivity index (χ3n) is 4.18. The predicted molar refractivity (Wildman–Crippen MR) is 62.8 cm³/mol. The summed E-state index contributed by atoms with van der Waals surface area (Å²) in [6.45, 7) is 3.69. The van der Waals surface area contributed by atoms with Crippen LogP contribution in [0.4, 0.5) is 0 Å². The molecule has 0 aromatic carbocycles. The van der Waals surface area contributed by atoms with Gasteiger partial charge in [-0.1, -0.05) is 6.92 Å². The van der Waals surface area contributed by atoms with Crippen LogP contribution in [0.15, 0.2) is 0 Å². The van der Waals surface area contributed by atoms with Crippen molar-refractivity contribution in [3.05, 3.63) is 0 Å². The summed E-state index contributed by atoms with van der Waals surface area (Å²) in [7, 11) is 0. The maximum atomic E-state index is 12.3. The lowest BCUT2D eigenvalue weighted by atomic mass is 9.62. The fraction of sp³-hybridized carbons (Fsp3) is 0.846. The van der Waals surface area contributed by atoms with Crippen LogP contribution >= 0.6 is 0 Å². The summed E-state index contributed by atoms with van der Waals surface area (Å²) in [4.78, 5) is 14.1. The highest BCUT2D eigenvalue weighted by atomic mass is 16.3. The standard InChI is InChI=1S/C13H20N2O2/c1-10-6-13(7-10,9-14)12(17)15-4-2-11(8-16)3-5-15/h10-11,16H,2-8H2,1H3. The lowest BCUT2D eigenvalue weighted by molar-refractivity contribution is -0.147. The van der Waals surface area contributed by atoms with E-state index in [0.29, 0.717) is 37.8 Å². The van der Waals surface area contributed by atoms with Gasteiger partial charge in [-0.15, -0.1) is 0 Å². The smallest absolute Gasteiger partial charge is 0.243 e. The van der Waals surface area contributed by atoms with Gasteiger partial charge in [0.05, 0.1) is 6.07 Å². The maximum absolute atomic E-state index is 12.3. The van der Waals surface area contributed by atoms with Crippen LogP contribution in [0.25, 0.3) is 0 Å². The quantitative estimate of drug-likeness (QED) is 0.782. The van der Waals surface area contributed by atoms with Crippen molar-refractivity contribution in [3.8, 4) is 6.07 Å². The monoisotopic (exact) mass is 236 g/mol. The fourth-order valence-electron chi connectivity index (χ4n) is 3.06. The highest BCUT2D eigenvalue weighted by Crippen LogP contribution is 2.46. The third-order valence-corrected chi connectivity index (χ3v) is 4.18. The van der Waals surface area contributed by atoms with Crippen LogP contribution in [-0.2, 0) is 4.79 Å². The molecule has 1 saturated carbocycles. The van der Waals surface area contributed by atoms with Gasteiger partial charge in [-0.2, -0.15) is 5.26 Å². The summed E-state index contributed by atoms with van der Waals surface area (Å²) in [6, 6.07) is 2.23. The zero-order valence-corrected chi connectivity index (χ0v) is 10.4. The van der Waals surface area contributed by atoms with Crippen molar-refractivity contribution >= 4 is 5.91 Å². The Hall–Kier alpha value is -1.08. The minimum atomic E-state index is -0.731. The van der Waals surface area contributed by atoms with Gasteiger partial charge in [0, 0.05) is 19.7 Å². The zero-order valence-electron chi connectivity index (χ0n) is 10.4. The van der Waals surface area contributed by atoms with Crippen LogP contribution in [0, 0.1) is 28.6 Å². The van der Waals surface area contributed by atoms with E-state index in [0.717, 1.165) is 12.8 Å². The molecule has 17 heavy (non-hydrogen) atoms. The molecule has 1 N–H and O–H groups in total. The minimum Gasteiger partial charge on any atom is -0.396 e. The number of aliphatic hydroxyl groups is 1. The van der Waals surface area contributed by atoms with Crippen molar-refractivity contribution in [2.24, 2.45) is 17.3 Å². The first kappa shape index (κ1) is 12.4. The number of hydrogen-bond donors (Lipinski definition) is 1. The molecule has 2 aliphatic rings. The largest absolute Gasteiger partial charge is 0.396 e. The number of aliphatic hydroxyl groups excluding tert-OH is 1. The summed E-state index contributed by atoms with van der Waals surface area (Å²) >= 11 is 0. The first-order valence-electron chi connectivity index (χ1n) is 6.43. The van der Waals surface area contributed by atoms with E-state index in [4.69, 9.17) is 5.11 Å². The summed E-state index contributed by atoms with van der Waals surface area (Å²) in [5.41, 5.74) is -0.731. The van der Waals surface area contributed by atoms with E-state index in [-0.39, 0.29) is 12.5 Å². The normalized spacial score (nSPS) is 33.9. The lowest BCUT2D eigenvalue weighted by Crippen LogP contribution is -2.52. The Balaban J connectivity index is 1.95. The van der Waals surface area contributed by atoms with Crippen LogP contribution in [0.5, 0.6) is 0 Å². The molecule has 0 bridgehead atoms. The Morgan fingerprint density at radius 2 is 2.06 bits per heavy atom. The minimum absolute atomic E-state index is 0.0227. The van der Waals surface area contributed by atoms with Gasteiger partial charge < -0.3 is 10.0 Å². The van der Waals surface area contributed by atoms with Crippen LogP contribution in [-0.4, -0.2) is 35.6 Å².